The molecule has 0 heterocycles. The summed E-state index contributed by atoms with van der Waals surface area (Å²) in [7, 11) is 1.42. The third-order valence-corrected chi connectivity index (χ3v) is 2.03. The van der Waals surface area contributed by atoms with Crippen LogP contribution in [0.5, 0.6) is 5.75 Å². The van der Waals surface area contributed by atoms with Crippen molar-refractivity contribution in [1.29, 1.82) is 0 Å². The summed E-state index contributed by atoms with van der Waals surface area (Å²) in [6.07, 6.45) is 0. The van der Waals surface area contributed by atoms with Crippen LogP contribution < -0.4 is 0 Å². The van der Waals surface area contributed by atoms with Gasteiger partial charge < -0.3 is 14.9 Å². The molecule has 1 aromatic rings. The molecule has 0 aromatic heterocycles. The van der Waals surface area contributed by atoms with Gasteiger partial charge in [0, 0.05) is 0 Å². The van der Waals surface area contributed by atoms with Crippen molar-refractivity contribution in [3.63, 3.8) is 0 Å². The van der Waals surface area contributed by atoms with Gasteiger partial charge in [0.05, 0.1) is 7.11 Å². The van der Waals surface area contributed by atoms with Gasteiger partial charge in [-0.15, -0.1) is 0 Å². The minimum Gasteiger partial charge on any atom is -0.508 e. The molecule has 0 aliphatic rings. The number of phenolic OH excluding ortho intramolecular Hbond substituents is 1. The third-order valence-electron chi connectivity index (χ3n) is 2.03. The Morgan fingerprint density at radius 3 is 2.20 bits per heavy atom. The van der Waals surface area contributed by atoms with Gasteiger partial charge >= 0.3 is 5.97 Å². The van der Waals surface area contributed by atoms with Crippen molar-refractivity contribution >= 4 is 11.5 Å². The minimum atomic E-state index is -1.06. The lowest BCUT2D eigenvalue weighted by atomic mass is 10.1. The molecule has 0 saturated carbocycles. The van der Waals surface area contributed by atoms with Gasteiger partial charge in [-0.25, -0.2) is 4.79 Å². The van der Waals surface area contributed by atoms with Gasteiger partial charge in [-0.2, -0.15) is 0 Å². The second-order valence-electron chi connectivity index (χ2n) is 2.99. The maximum absolute atomic E-state index is 11.0. The first-order chi connectivity index (χ1) is 7.06. The van der Waals surface area contributed by atoms with E-state index in [4.69, 9.17) is 14.9 Å². The zero-order chi connectivity index (χ0) is 11.4. The molecule has 0 amide bonds. The van der Waals surface area contributed by atoms with Crippen LogP contribution in [0.25, 0.3) is 5.57 Å². The molecule has 0 aliphatic carbocycles. The molecule has 4 nitrogen and oxygen atoms in total. The maximum Gasteiger partial charge on any atom is 0.339 e. The van der Waals surface area contributed by atoms with Crippen molar-refractivity contribution in [2.75, 3.05) is 7.11 Å². The van der Waals surface area contributed by atoms with Crippen molar-refractivity contribution in [2.45, 2.75) is 6.92 Å². The van der Waals surface area contributed by atoms with Gasteiger partial charge in [-0.1, -0.05) is 12.1 Å². The molecule has 0 fully saturated rings. The molecule has 0 aliphatic heterocycles. The van der Waals surface area contributed by atoms with Crippen molar-refractivity contribution in [3.05, 3.63) is 35.6 Å². The lowest BCUT2D eigenvalue weighted by molar-refractivity contribution is -0.130. The Kier molecular flexibility index (Phi) is 3.33. The van der Waals surface area contributed by atoms with Crippen molar-refractivity contribution < 1.29 is 19.7 Å². The number of aliphatic carboxylic acids is 1. The van der Waals surface area contributed by atoms with E-state index in [9.17, 15) is 4.79 Å². The number of hydrogen-bond donors (Lipinski definition) is 2. The molecular formula is C11H12O4. The fraction of sp³-hybridized carbons (Fsp3) is 0.182. The highest BCUT2D eigenvalue weighted by Gasteiger charge is 2.14. The van der Waals surface area contributed by atoms with Crippen molar-refractivity contribution in [1.82, 2.24) is 0 Å². The summed E-state index contributed by atoms with van der Waals surface area (Å²) in [4.78, 5) is 11.0. The second-order valence-corrected chi connectivity index (χ2v) is 2.99. The van der Waals surface area contributed by atoms with E-state index >= 15 is 0 Å². The highest BCUT2D eigenvalue weighted by Crippen LogP contribution is 2.21. The Balaban J connectivity index is 3.23. The molecule has 0 spiro atoms. The first-order valence-corrected chi connectivity index (χ1v) is 4.34. The maximum atomic E-state index is 11.0. The first kappa shape index (κ1) is 11.1. The Hall–Kier alpha value is -1.97. The number of phenols is 1. The van der Waals surface area contributed by atoms with Crippen LogP contribution in [0.2, 0.25) is 0 Å². The first-order valence-electron chi connectivity index (χ1n) is 4.34. The zero-order valence-electron chi connectivity index (χ0n) is 8.52. The predicted molar refractivity (Wildman–Crippen MR) is 55.3 cm³/mol. The summed E-state index contributed by atoms with van der Waals surface area (Å²) >= 11 is 0. The van der Waals surface area contributed by atoms with Gasteiger partial charge in [-0.05, 0) is 24.6 Å². The summed E-state index contributed by atoms with van der Waals surface area (Å²) < 4.78 is 4.89. The molecule has 4 heteroatoms. The number of methoxy groups -OCH3 is 1. The fourth-order valence-corrected chi connectivity index (χ4v) is 1.21. The van der Waals surface area contributed by atoms with Crippen LogP contribution in [0.1, 0.15) is 12.5 Å². The van der Waals surface area contributed by atoms with Crippen LogP contribution in [0.4, 0.5) is 0 Å². The Morgan fingerprint density at radius 1 is 1.27 bits per heavy atom. The van der Waals surface area contributed by atoms with E-state index in [2.05, 4.69) is 0 Å². The molecule has 80 valence electrons. The predicted octanol–water partition coefficient (Wildman–Crippen LogP) is 1.85. The van der Waals surface area contributed by atoms with Crippen LogP contribution in [-0.4, -0.2) is 23.3 Å². The average Bonchev–Trinajstić information content (AvgIpc) is 2.20. The molecule has 2 N–H and O–H groups in total. The Bertz CT molecular complexity index is 390. The number of carbonyl (C=O) groups is 1. The number of aromatic hydroxyl groups is 1. The molecule has 1 aromatic carbocycles. The van der Waals surface area contributed by atoms with E-state index in [0.29, 0.717) is 11.3 Å². The van der Waals surface area contributed by atoms with E-state index in [1.54, 1.807) is 6.92 Å². The monoisotopic (exact) mass is 208 g/mol. The van der Waals surface area contributed by atoms with Crippen LogP contribution in [0.15, 0.2) is 30.0 Å². The van der Waals surface area contributed by atoms with E-state index in [1.807, 2.05) is 0 Å². The Labute approximate surface area is 87.4 Å². The van der Waals surface area contributed by atoms with Gasteiger partial charge in [-0.3, -0.25) is 0 Å². The molecule has 15 heavy (non-hydrogen) atoms. The van der Waals surface area contributed by atoms with Crippen molar-refractivity contribution in [3.8, 4) is 5.75 Å². The average molecular weight is 208 g/mol. The van der Waals surface area contributed by atoms with Crippen LogP contribution in [0.3, 0.4) is 0 Å². The standard InChI is InChI=1S/C11H12O4/c1-7(15-2)10(11(13)14)8-3-5-9(12)6-4-8/h3-6,12H,1-2H3,(H,13,14). The summed E-state index contributed by atoms with van der Waals surface area (Å²) in [5.74, 6) is -0.633. The lowest BCUT2D eigenvalue weighted by Crippen LogP contribution is -2.03. The van der Waals surface area contributed by atoms with Crippen LogP contribution in [0, 0.1) is 0 Å². The minimum absolute atomic E-state index is 0.0949. The largest absolute Gasteiger partial charge is 0.508 e. The second kappa shape index (κ2) is 4.50. The zero-order valence-corrected chi connectivity index (χ0v) is 8.52. The molecule has 1 rings (SSSR count). The summed E-state index contributed by atoms with van der Waals surface area (Å²) in [6.45, 7) is 1.58. The molecule has 0 atom stereocenters. The SMILES string of the molecule is COC(C)=C(C(=O)O)c1ccc(O)cc1. The number of rotatable bonds is 3. The van der Waals surface area contributed by atoms with Crippen LogP contribution in [-0.2, 0) is 9.53 Å². The quantitative estimate of drug-likeness (QED) is 0.587. The fourth-order valence-electron chi connectivity index (χ4n) is 1.21. The van der Waals surface area contributed by atoms with Gasteiger partial charge in [0.2, 0.25) is 0 Å². The highest BCUT2D eigenvalue weighted by atomic mass is 16.5. The summed E-state index contributed by atoms with van der Waals surface area (Å²) in [5.41, 5.74) is 0.595. The number of ether oxygens (including phenoxy) is 1. The summed E-state index contributed by atoms with van der Waals surface area (Å²) in [6, 6.07) is 5.92. The molecule has 0 radical (unpaired) electrons. The van der Waals surface area contributed by atoms with Gasteiger partial charge in [0.25, 0.3) is 0 Å². The van der Waals surface area contributed by atoms with Crippen LogP contribution >= 0.6 is 0 Å². The highest BCUT2D eigenvalue weighted by molar-refractivity contribution is 6.16. The van der Waals surface area contributed by atoms with E-state index < -0.39 is 5.97 Å². The van der Waals surface area contributed by atoms with E-state index in [0.717, 1.165) is 0 Å². The molecule has 0 unspecified atom stereocenters. The number of benzene rings is 1. The number of allylic oxidation sites excluding steroid dienone is 1. The lowest BCUT2D eigenvalue weighted by Gasteiger charge is -2.07. The van der Waals surface area contributed by atoms with Gasteiger partial charge in [0.15, 0.2) is 0 Å². The molecule has 0 saturated heterocycles. The number of hydrogen-bond acceptors (Lipinski definition) is 3. The topological polar surface area (TPSA) is 66.8 Å². The number of carboxylic acid groups (broad SMARTS) is 1. The van der Waals surface area contributed by atoms with E-state index in [-0.39, 0.29) is 11.3 Å². The normalized spacial score (nSPS) is 11.9. The smallest absolute Gasteiger partial charge is 0.339 e. The Morgan fingerprint density at radius 2 is 1.80 bits per heavy atom. The van der Waals surface area contributed by atoms with Gasteiger partial charge in [0.1, 0.15) is 17.1 Å². The third kappa shape index (κ3) is 2.49. The van der Waals surface area contributed by atoms with Crippen molar-refractivity contribution in [2.24, 2.45) is 0 Å². The summed E-state index contributed by atoms with van der Waals surface area (Å²) in [5, 5.41) is 18.1. The molecular weight excluding hydrogens is 196 g/mol. The van der Waals surface area contributed by atoms with E-state index in [1.165, 1.54) is 31.4 Å². The number of carboxylic acids is 1. The molecule has 0 bridgehead atoms.